The number of rotatable bonds is 8. The summed E-state index contributed by atoms with van der Waals surface area (Å²) in [6.07, 6.45) is 3.66. The maximum Gasteiger partial charge on any atom is 0.203 e. The molecule has 0 atom stereocenters. The highest BCUT2D eigenvalue weighted by atomic mass is 16.5. The van der Waals surface area contributed by atoms with Crippen LogP contribution >= 0.6 is 0 Å². The molecule has 2 aromatic rings. The van der Waals surface area contributed by atoms with Crippen molar-refractivity contribution in [3.8, 4) is 34.5 Å². The van der Waals surface area contributed by atoms with Crippen LogP contribution in [0.25, 0.3) is 12.2 Å². The highest BCUT2D eigenvalue weighted by molar-refractivity contribution is 6.15. The van der Waals surface area contributed by atoms with E-state index in [9.17, 15) is 4.79 Å². The lowest BCUT2D eigenvalue weighted by Crippen LogP contribution is -2.34. The Morgan fingerprint density at radius 3 is 1.32 bits per heavy atom. The number of carbonyl (C=O) groups is 1. The lowest BCUT2D eigenvalue weighted by Gasteiger charge is -2.26. The van der Waals surface area contributed by atoms with Crippen LogP contribution in [0.2, 0.25) is 0 Å². The molecule has 182 valence electrons. The SMILES string of the molecule is COc1ccc(C=C2CN(C)CC(=Cc3ccc(OC)c(OC)c3OC)C2=O)c(OC)c1OC. The molecule has 0 aromatic heterocycles. The first-order valence-corrected chi connectivity index (χ1v) is 10.6. The fourth-order valence-corrected chi connectivity index (χ4v) is 4.06. The molecule has 0 amide bonds. The van der Waals surface area contributed by atoms with Gasteiger partial charge in [-0.25, -0.2) is 0 Å². The minimum Gasteiger partial charge on any atom is -0.493 e. The summed E-state index contributed by atoms with van der Waals surface area (Å²) in [5, 5.41) is 0. The van der Waals surface area contributed by atoms with Gasteiger partial charge in [0.15, 0.2) is 28.8 Å². The summed E-state index contributed by atoms with van der Waals surface area (Å²) in [4.78, 5) is 15.5. The molecule has 0 aliphatic carbocycles. The molecule has 1 fully saturated rings. The van der Waals surface area contributed by atoms with E-state index in [-0.39, 0.29) is 5.78 Å². The van der Waals surface area contributed by atoms with Crippen LogP contribution in [0.15, 0.2) is 35.4 Å². The van der Waals surface area contributed by atoms with E-state index in [0.29, 0.717) is 58.7 Å². The van der Waals surface area contributed by atoms with Crippen molar-refractivity contribution in [1.82, 2.24) is 4.90 Å². The van der Waals surface area contributed by atoms with Gasteiger partial charge in [-0.3, -0.25) is 9.69 Å². The third-order valence-electron chi connectivity index (χ3n) is 5.59. The summed E-state index contributed by atoms with van der Waals surface area (Å²) in [6, 6.07) is 7.26. The smallest absolute Gasteiger partial charge is 0.203 e. The van der Waals surface area contributed by atoms with Gasteiger partial charge in [-0.15, -0.1) is 0 Å². The first kappa shape index (κ1) is 25.0. The monoisotopic (exact) mass is 469 g/mol. The number of methoxy groups -OCH3 is 6. The Hall–Kier alpha value is -3.65. The van der Waals surface area contributed by atoms with Crippen molar-refractivity contribution in [3.63, 3.8) is 0 Å². The predicted molar refractivity (Wildman–Crippen MR) is 131 cm³/mol. The Bertz CT molecular complexity index is 1040. The fourth-order valence-electron chi connectivity index (χ4n) is 4.06. The Morgan fingerprint density at radius 1 is 0.618 bits per heavy atom. The molecule has 1 heterocycles. The average Bonchev–Trinajstić information content (AvgIpc) is 2.85. The second-order valence-corrected chi connectivity index (χ2v) is 7.69. The number of ether oxygens (including phenoxy) is 6. The summed E-state index contributed by atoms with van der Waals surface area (Å²) >= 11 is 0. The number of hydrogen-bond acceptors (Lipinski definition) is 8. The van der Waals surface area contributed by atoms with Crippen LogP contribution in [0.1, 0.15) is 11.1 Å². The molecule has 0 radical (unpaired) electrons. The van der Waals surface area contributed by atoms with E-state index < -0.39 is 0 Å². The number of carbonyl (C=O) groups excluding carboxylic acids is 1. The van der Waals surface area contributed by atoms with E-state index in [1.807, 2.05) is 31.3 Å². The number of Topliss-reactive ketones (excluding diaryl/α,β-unsaturated/α-hetero) is 1. The summed E-state index contributed by atoms with van der Waals surface area (Å²) < 4.78 is 32.8. The Balaban J connectivity index is 2.07. The molecule has 8 nitrogen and oxygen atoms in total. The molecule has 34 heavy (non-hydrogen) atoms. The number of piperidine rings is 1. The Morgan fingerprint density at radius 2 is 1.00 bits per heavy atom. The third-order valence-corrected chi connectivity index (χ3v) is 5.59. The molecular weight excluding hydrogens is 438 g/mol. The van der Waals surface area contributed by atoms with Gasteiger partial charge in [-0.05, 0) is 43.5 Å². The highest BCUT2D eigenvalue weighted by Gasteiger charge is 2.26. The van der Waals surface area contributed by atoms with E-state index in [1.165, 1.54) is 0 Å². The molecule has 1 aliphatic rings. The largest absolute Gasteiger partial charge is 0.493 e. The summed E-state index contributed by atoms with van der Waals surface area (Å²) in [5.41, 5.74) is 2.71. The van der Waals surface area contributed by atoms with E-state index in [4.69, 9.17) is 28.4 Å². The second-order valence-electron chi connectivity index (χ2n) is 7.69. The molecule has 1 aliphatic heterocycles. The molecule has 1 saturated heterocycles. The molecule has 0 bridgehead atoms. The van der Waals surface area contributed by atoms with Crippen molar-refractivity contribution in [2.24, 2.45) is 0 Å². The molecule has 0 unspecified atom stereocenters. The van der Waals surface area contributed by atoms with Gasteiger partial charge in [0.1, 0.15) is 0 Å². The van der Waals surface area contributed by atoms with Gasteiger partial charge < -0.3 is 28.4 Å². The van der Waals surface area contributed by atoms with E-state index in [1.54, 1.807) is 54.8 Å². The number of nitrogens with zero attached hydrogens (tertiary/aromatic N) is 1. The molecule has 0 saturated carbocycles. The molecular formula is C26H31NO7. The second kappa shape index (κ2) is 11.0. The van der Waals surface area contributed by atoms with Crippen LogP contribution in [-0.2, 0) is 4.79 Å². The van der Waals surface area contributed by atoms with Crippen molar-refractivity contribution in [2.75, 3.05) is 62.8 Å². The van der Waals surface area contributed by atoms with Crippen molar-refractivity contribution in [1.29, 1.82) is 0 Å². The van der Waals surface area contributed by atoms with Gasteiger partial charge in [-0.2, -0.15) is 0 Å². The van der Waals surface area contributed by atoms with Gasteiger partial charge >= 0.3 is 0 Å². The molecule has 8 heteroatoms. The van der Waals surface area contributed by atoms with E-state index in [2.05, 4.69) is 4.90 Å². The van der Waals surface area contributed by atoms with Crippen molar-refractivity contribution in [2.45, 2.75) is 0 Å². The molecule has 2 aromatic carbocycles. The van der Waals surface area contributed by atoms with Crippen LogP contribution in [0.3, 0.4) is 0 Å². The molecule has 0 spiro atoms. The van der Waals surface area contributed by atoms with Crippen LogP contribution < -0.4 is 28.4 Å². The standard InChI is InChI=1S/C26H31NO7/c1-27-14-18(12-16-8-10-20(29-2)25(33-6)23(16)31-4)22(28)19(15-27)13-17-9-11-21(30-3)26(34-7)24(17)32-5/h8-13H,14-15H2,1-7H3. The van der Waals surface area contributed by atoms with Crippen molar-refractivity contribution >= 4 is 17.9 Å². The maximum atomic E-state index is 13.5. The fraction of sp³-hybridized carbons (Fsp3) is 0.346. The Labute approximate surface area is 200 Å². The van der Waals surface area contributed by atoms with Crippen LogP contribution in [0.5, 0.6) is 34.5 Å². The average molecular weight is 470 g/mol. The van der Waals surface area contributed by atoms with Gasteiger partial charge in [0.2, 0.25) is 11.5 Å². The van der Waals surface area contributed by atoms with E-state index in [0.717, 1.165) is 11.1 Å². The topological polar surface area (TPSA) is 75.7 Å². The zero-order chi connectivity index (χ0) is 24.8. The summed E-state index contributed by atoms with van der Waals surface area (Å²) in [5.74, 6) is 3.00. The van der Waals surface area contributed by atoms with Crippen LogP contribution in [-0.4, -0.2) is 73.5 Å². The lowest BCUT2D eigenvalue weighted by atomic mass is 9.94. The third kappa shape index (κ3) is 4.82. The van der Waals surface area contributed by atoms with Crippen LogP contribution in [0.4, 0.5) is 0 Å². The predicted octanol–water partition coefficient (Wildman–Crippen LogP) is 3.72. The number of ketones is 1. The quantitative estimate of drug-likeness (QED) is 0.542. The first-order valence-electron chi connectivity index (χ1n) is 10.6. The Kier molecular flexibility index (Phi) is 8.07. The molecule has 0 N–H and O–H groups in total. The maximum absolute atomic E-state index is 13.5. The zero-order valence-electron chi connectivity index (χ0n) is 20.7. The highest BCUT2D eigenvalue weighted by Crippen LogP contribution is 2.42. The minimum absolute atomic E-state index is 0.0493. The number of hydrogen-bond donors (Lipinski definition) is 0. The van der Waals surface area contributed by atoms with E-state index >= 15 is 0 Å². The first-order chi connectivity index (χ1) is 16.4. The van der Waals surface area contributed by atoms with Gasteiger partial charge in [-0.1, -0.05) is 0 Å². The number of benzene rings is 2. The zero-order valence-corrected chi connectivity index (χ0v) is 20.7. The molecule has 3 rings (SSSR count). The van der Waals surface area contributed by atoms with Gasteiger partial charge in [0.05, 0.1) is 42.7 Å². The van der Waals surface area contributed by atoms with Crippen molar-refractivity contribution < 1.29 is 33.2 Å². The minimum atomic E-state index is -0.0493. The number of likely N-dealkylation sites (N-methyl/N-ethyl adjacent to an activating group) is 1. The van der Waals surface area contributed by atoms with Crippen LogP contribution in [0, 0.1) is 0 Å². The van der Waals surface area contributed by atoms with Gasteiger partial charge in [0.25, 0.3) is 0 Å². The number of likely N-dealkylation sites (tertiary alicyclic amines) is 1. The van der Waals surface area contributed by atoms with Crippen molar-refractivity contribution in [3.05, 3.63) is 46.5 Å². The normalized spacial score (nSPS) is 16.5. The lowest BCUT2D eigenvalue weighted by molar-refractivity contribution is -0.113. The summed E-state index contributed by atoms with van der Waals surface area (Å²) in [6.45, 7) is 0.994. The summed E-state index contributed by atoms with van der Waals surface area (Å²) in [7, 11) is 11.3. The van der Waals surface area contributed by atoms with Gasteiger partial charge in [0, 0.05) is 35.4 Å².